The molecular weight excluding hydrogens is 258 g/mol. The van der Waals surface area contributed by atoms with Gasteiger partial charge in [0, 0.05) is 31.2 Å². The second kappa shape index (κ2) is 6.97. The summed E-state index contributed by atoms with van der Waals surface area (Å²) in [5, 5.41) is 3.79. The fraction of sp³-hybridized carbons (Fsp3) is 1.00. The van der Waals surface area contributed by atoms with Crippen LogP contribution in [-0.4, -0.2) is 61.7 Å². The molecule has 1 aliphatic heterocycles. The van der Waals surface area contributed by atoms with Gasteiger partial charge in [0.05, 0.1) is 0 Å². The third kappa shape index (κ3) is 5.22. The molecule has 1 N–H and O–H groups in total. The standard InChI is InChI=1S/C18H37N3/c1-17(2,3)19-14-18(10-6-7-11-18)15-21-12-8-9-16(13-21)20(4)5/h16,19H,6-15H2,1-5H3. The molecule has 0 aromatic heterocycles. The molecule has 3 heteroatoms. The summed E-state index contributed by atoms with van der Waals surface area (Å²) in [4.78, 5) is 5.17. The lowest BCUT2D eigenvalue weighted by Gasteiger charge is -2.42. The molecule has 2 fully saturated rings. The summed E-state index contributed by atoms with van der Waals surface area (Å²) in [5.41, 5.74) is 0.769. The van der Waals surface area contributed by atoms with Crippen LogP contribution >= 0.6 is 0 Å². The normalized spacial score (nSPS) is 27.4. The molecule has 1 saturated heterocycles. The zero-order valence-corrected chi connectivity index (χ0v) is 15.0. The molecular formula is C18H37N3. The fourth-order valence-electron chi connectivity index (χ4n) is 4.04. The van der Waals surface area contributed by atoms with Gasteiger partial charge >= 0.3 is 0 Å². The monoisotopic (exact) mass is 295 g/mol. The highest BCUT2D eigenvalue weighted by atomic mass is 15.2. The minimum atomic E-state index is 0.240. The predicted molar refractivity (Wildman–Crippen MR) is 91.8 cm³/mol. The molecule has 0 amide bonds. The van der Waals surface area contributed by atoms with Gasteiger partial charge in [-0.2, -0.15) is 0 Å². The number of piperidine rings is 1. The third-order valence-electron chi connectivity index (χ3n) is 5.43. The summed E-state index contributed by atoms with van der Waals surface area (Å²) in [5.74, 6) is 0. The first-order valence-corrected chi connectivity index (χ1v) is 8.94. The van der Waals surface area contributed by atoms with Gasteiger partial charge in [-0.3, -0.25) is 0 Å². The molecule has 1 atom stereocenters. The molecule has 3 nitrogen and oxygen atoms in total. The Morgan fingerprint density at radius 2 is 1.81 bits per heavy atom. The van der Waals surface area contributed by atoms with Crippen molar-refractivity contribution in [2.24, 2.45) is 5.41 Å². The molecule has 1 saturated carbocycles. The van der Waals surface area contributed by atoms with Crippen molar-refractivity contribution in [1.82, 2.24) is 15.1 Å². The lowest BCUT2D eigenvalue weighted by atomic mass is 9.84. The zero-order valence-electron chi connectivity index (χ0n) is 15.0. The van der Waals surface area contributed by atoms with Crippen molar-refractivity contribution >= 4 is 0 Å². The van der Waals surface area contributed by atoms with E-state index < -0.39 is 0 Å². The summed E-state index contributed by atoms with van der Waals surface area (Å²) in [6, 6.07) is 0.757. The minimum Gasteiger partial charge on any atom is -0.311 e. The third-order valence-corrected chi connectivity index (χ3v) is 5.43. The van der Waals surface area contributed by atoms with Gasteiger partial charge in [0.2, 0.25) is 0 Å². The Morgan fingerprint density at radius 3 is 2.38 bits per heavy atom. The van der Waals surface area contributed by atoms with Crippen molar-refractivity contribution in [2.45, 2.75) is 70.9 Å². The van der Waals surface area contributed by atoms with Crippen molar-refractivity contribution in [3.63, 3.8) is 0 Å². The van der Waals surface area contributed by atoms with E-state index in [2.05, 4.69) is 50.0 Å². The van der Waals surface area contributed by atoms with Gasteiger partial charge in [-0.1, -0.05) is 12.8 Å². The second-order valence-corrected chi connectivity index (χ2v) is 8.81. The number of nitrogens with one attached hydrogen (secondary N) is 1. The lowest BCUT2D eigenvalue weighted by Crippen LogP contribution is -2.52. The number of rotatable bonds is 5. The Bertz CT molecular complexity index is 313. The zero-order chi connectivity index (χ0) is 15.5. The molecule has 0 bridgehead atoms. The summed E-state index contributed by atoms with van der Waals surface area (Å²) in [6.45, 7) is 11.9. The van der Waals surface area contributed by atoms with Gasteiger partial charge in [0.1, 0.15) is 0 Å². The lowest BCUT2D eigenvalue weighted by molar-refractivity contribution is 0.0816. The first kappa shape index (κ1) is 17.2. The van der Waals surface area contributed by atoms with Gasteiger partial charge in [-0.15, -0.1) is 0 Å². The minimum absolute atomic E-state index is 0.240. The Morgan fingerprint density at radius 1 is 1.14 bits per heavy atom. The van der Waals surface area contributed by atoms with Gasteiger partial charge in [-0.25, -0.2) is 0 Å². The van der Waals surface area contributed by atoms with Gasteiger partial charge in [0.15, 0.2) is 0 Å². The molecule has 0 aromatic rings. The molecule has 0 aromatic carbocycles. The molecule has 1 unspecified atom stereocenters. The average Bonchev–Trinajstić information content (AvgIpc) is 2.85. The Kier molecular flexibility index (Phi) is 5.72. The Hall–Kier alpha value is -0.120. The van der Waals surface area contributed by atoms with E-state index in [0.717, 1.165) is 6.04 Å². The summed E-state index contributed by atoms with van der Waals surface area (Å²) >= 11 is 0. The smallest absolute Gasteiger partial charge is 0.0217 e. The number of likely N-dealkylation sites (N-methyl/N-ethyl adjacent to an activating group) is 1. The second-order valence-electron chi connectivity index (χ2n) is 8.81. The highest BCUT2D eigenvalue weighted by molar-refractivity contribution is 4.93. The van der Waals surface area contributed by atoms with E-state index in [-0.39, 0.29) is 5.54 Å². The van der Waals surface area contributed by atoms with Crippen molar-refractivity contribution in [1.29, 1.82) is 0 Å². The van der Waals surface area contributed by atoms with Crippen LogP contribution in [0.4, 0.5) is 0 Å². The number of hydrogen-bond acceptors (Lipinski definition) is 3. The van der Waals surface area contributed by atoms with Crippen LogP contribution in [0.25, 0.3) is 0 Å². The van der Waals surface area contributed by atoms with E-state index in [1.54, 1.807) is 0 Å². The number of hydrogen-bond donors (Lipinski definition) is 1. The summed E-state index contributed by atoms with van der Waals surface area (Å²) in [6.07, 6.45) is 8.42. The van der Waals surface area contributed by atoms with E-state index in [9.17, 15) is 0 Å². The van der Waals surface area contributed by atoms with E-state index in [1.165, 1.54) is 64.7 Å². The maximum atomic E-state index is 3.79. The Balaban J connectivity index is 1.93. The van der Waals surface area contributed by atoms with Crippen molar-refractivity contribution in [3.05, 3.63) is 0 Å². The quantitative estimate of drug-likeness (QED) is 0.841. The van der Waals surface area contributed by atoms with Crippen molar-refractivity contribution in [2.75, 3.05) is 40.3 Å². The van der Waals surface area contributed by atoms with E-state index in [0.29, 0.717) is 5.41 Å². The highest BCUT2D eigenvalue weighted by Crippen LogP contribution is 2.39. The van der Waals surface area contributed by atoms with E-state index >= 15 is 0 Å². The SMILES string of the molecule is CN(C)C1CCCN(CC2(CNC(C)(C)C)CCCC2)C1. The number of likely N-dealkylation sites (tertiary alicyclic amines) is 1. The molecule has 0 radical (unpaired) electrons. The molecule has 1 heterocycles. The van der Waals surface area contributed by atoms with Crippen LogP contribution in [0.15, 0.2) is 0 Å². The molecule has 21 heavy (non-hydrogen) atoms. The average molecular weight is 296 g/mol. The largest absolute Gasteiger partial charge is 0.311 e. The van der Waals surface area contributed by atoms with Crippen LogP contribution in [0.5, 0.6) is 0 Å². The molecule has 2 rings (SSSR count). The van der Waals surface area contributed by atoms with Crippen molar-refractivity contribution in [3.8, 4) is 0 Å². The van der Waals surface area contributed by atoms with Crippen LogP contribution in [0.3, 0.4) is 0 Å². The van der Waals surface area contributed by atoms with Gasteiger partial charge in [0.25, 0.3) is 0 Å². The van der Waals surface area contributed by atoms with Crippen LogP contribution in [-0.2, 0) is 0 Å². The summed E-state index contributed by atoms with van der Waals surface area (Å²) in [7, 11) is 4.47. The number of nitrogens with zero attached hydrogens (tertiary/aromatic N) is 2. The first-order chi connectivity index (χ1) is 9.80. The maximum Gasteiger partial charge on any atom is 0.0217 e. The van der Waals surface area contributed by atoms with Gasteiger partial charge < -0.3 is 15.1 Å². The maximum absolute atomic E-state index is 3.79. The molecule has 1 aliphatic carbocycles. The van der Waals surface area contributed by atoms with Gasteiger partial charge in [-0.05, 0) is 72.5 Å². The Labute approximate surface area is 132 Å². The van der Waals surface area contributed by atoms with E-state index in [1.807, 2.05) is 0 Å². The van der Waals surface area contributed by atoms with Crippen molar-refractivity contribution < 1.29 is 0 Å². The van der Waals surface area contributed by atoms with Crippen LogP contribution in [0, 0.1) is 5.41 Å². The van der Waals surface area contributed by atoms with Crippen LogP contribution in [0.2, 0.25) is 0 Å². The first-order valence-electron chi connectivity index (χ1n) is 8.94. The fourth-order valence-corrected chi connectivity index (χ4v) is 4.04. The molecule has 2 aliphatic rings. The highest BCUT2D eigenvalue weighted by Gasteiger charge is 2.37. The van der Waals surface area contributed by atoms with Crippen LogP contribution in [0.1, 0.15) is 59.3 Å². The molecule has 0 spiro atoms. The molecule has 124 valence electrons. The topological polar surface area (TPSA) is 18.5 Å². The summed E-state index contributed by atoms with van der Waals surface area (Å²) < 4.78 is 0. The predicted octanol–water partition coefficient (Wildman–Crippen LogP) is 2.96. The van der Waals surface area contributed by atoms with E-state index in [4.69, 9.17) is 0 Å². The van der Waals surface area contributed by atoms with Crippen LogP contribution < -0.4 is 5.32 Å².